The molecule has 1 saturated heterocycles. The minimum Gasteiger partial charge on any atom is -0.492 e. The largest absolute Gasteiger partial charge is 0.492 e. The van der Waals surface area contributed by atoms with Crippen molar-refractivity contribution in [3.8, 4) is 5.88 Å². The highest BCUT2D eigenvalue weighted by Gasteiger charge is 2.29. The van der Waals surface area contributed by atoms with E-state index in [9.17, 15) is 5.11 Å². The van der Waals surface area contributed by atoms with E-state index >= 15 is 0 Å². The summed E-state index contributed by atoms with van der Waals surface area (Å²) in [5, 5.41) is 19.0. The zero-order chi connectivity index (χ0) is 14.9. The van der Waals surface area contributed by atoms with Crippen LogP contribution in [0.5, 0.6) is 5.88 Å². The van der Waals surface area contributed by atoms with Crippen molar-refractivity contribution in [3.05, 3.63) is 33.6 Å². The van der Waals surface area contributed by atoms with Crippen LogP contribution in [0.2, 0.25) is 0 Å². The molecule has 3 aromatic heterocycles. The maximum absolute atomic E-state index is 10.6. The zero-order valence-corrected chi connectivity index (χ0v) is 13.8. The van der Waals surface area contributed by atoms with Crippen molar-refractivity contribution in [2.24, 2.45) is 0 Å². The van der Waals surface area contributed by atoms with Gasteiger partial charge in [0.25, 0.3) is 0 Å². The lowest BCUT2D eigenvalue weighted by Crippen LogP contribution is -2.30. The van der Waals surface area contributed by atoms with E-state index in [-0.39, 0.29) is 11.9 Å². The molecule has 1 fully saturated rings. The molecule has 0 aliphatic carbocycles. The van der Waals surface area contributed by atoms with Crippen LogP contribution in [0.4, 0.5) is 0 Å². The highest BCUT2D eigenvalue weighted by molar-refractivity contribution is 7.17. The third kappa shape index (κ3) is 2.43. The summed E-state index contributed by atoms with van der Waals surface area (Å²) in [5.41, 5.74) is 1.26. The fourth-order valence-corrected chi connectivity index (χ4v) is 4.95. The van der Waals surface area contributed by atoms with E-state index in [1.54, 1.807) is 11.3 Å². The number of hydrogen-bond donors (Lipinski definition) is 1. The number of thiophene rings is 1. The van der Waals surface area contributed by atoms with Crippen molar-refractivity contribution in [1.82, 2.24) is 19.5 Å². The molecule has 7 heteroatoms. The van der Waals surface area contributed by atoms with Gasteiger partial charge in [0, 0.05) is 0 Å². The van der Waals surface area contributed by atoms with Gasteiger partial charge in [0.05, 0.1) is 10.9 Å². The number of rotatable bonds is 3. The van der Waals surface area contributed by atoms with Crippen LogP contribution in [-0.4, -0.2) is 37.7 Å². The molecule has 5 nitrogen and oxygen atoms in total. The highest BCUT2D eigenvalue weighted by Crippen LogP contribution is 2.40. The number of aromatic hydroxyl groups is 1. The summed E-state index contributed by atoms with van der Waals surface area (Å²) in [6, 6.07) is 2.27. The van der Waals surface area contributed by atoms with E-state index in [0.29, 0.717) is 0 Å². The zero-order valence-electron chi connectivity index (χ0n) is 12.2. The number of likely N-dealkylation sites (tertiary alicyclic amines) is 1. The van der Waals surface area contributed by atoms with Crippen LogP contribution in [0.1, 0.15) is 42.2 Å². The van der Waals surface area contributed by atoms with E-state index in [2.05, 4.69) is 31.8 Å². The van der Waals surface area contributed by atoms with E-state index in [1.807, 2.05) is 0 Å². The van der Waals surface area contributed by atoms with Crippen molar-refractivity contribution >= 4 is 27.6 Å². The van der Waals surface area contributed by atoms with Gasteiger partial charge in [0.1, 0.15) is 6.33 Å². The average molecular weight is 334 g/mol. The third-order valence-corrected chi connectivity index (χ3v) is 6.04. The predicted octanol–water partition coefficient (Wildman–Crippen LogP) is 3.52. The summed E-state index contributed by atoms with van der Waals surface area (Å²) in [6.07, 6.45) is 6.54. The maximum atomic E-state index is 10.6. The second-order valence-corrected chi connectivity index (χ2v) is 7.44. The van der Waals surface area contributed by atoms with Gasteiger partial charge in [-0.2, -0.15) is 21.0 Å². The van der Waals surface area contributed by atoms with Crippen LogP contribution in [0.3, 0.4) is 0 Å². The SMILES string of the molecule is Oc1c([C@H](c2ccsc2)N2CCCCCC2)sc2ncnn12. The predicted molar refractivity (Wildman–Crippen MR) is 88.7 cm³/mol. The molecular formula is C15H18N4OS2. The summed E-state index contributed by atoms with van der Waals surface area (Å²) in [6.45, 7) is 2.15. The van der Waals surface area contributed by atoms with Gasteiger partial charge in [-0.1, -0.05) is 24.2 Å². The van der Waals surface area contributed by atoms with E-state index in [1.165, 1.54) is 53.4 Å². The van der Waals surface area contributed by atoms with Gasteiger partial charge in [-0.15, -0.1) is 0 Å². The van der Waals surface area contributed by atoms with Crippen molar-refractivity contribution in [2.75, 3.05) is 13.1 Å². The Morgan fingerprint density at radius 2 is 2.00 bits per heavy atom. The first kappa shape index (κ1) is 14.2. The van der Waals surface area contributed by atoms with Crippen LogP contribution in [0.15, 0.2) is 23.2 Å². The minimum atomic E-state index is 0.109. The molecule has 4 heterocycles. The van der Waals surface area contributed by atoms with Crippen molar-refractivity contribution in [3.63, 3.8) is 0 Å². The Morgan fingerprint density at radius 1 is 1.18 bits per heavy atom. The molecule has 0 aromatic carbocycles. The topological polar surface area (TPSA) is 53.7 Å². The van der Waals surface area contributed by atoms with E-state index in [4.69, 9.17) is 0 Å². The van der Waals surface area contributed by atoms with Gasteiger partial charge in [-0.05, 0) is 48.3 Å². The first-order valence-electron chi connectivity index (χ1n) is 7.62. The molecule has 0 spiro atoms. The molecule has 0 saturated carbocycles. The Morgan fingerprint density at radius 3 is 2.68 bits per heavy atom. The van der Waals surface area contributed by atoms with Crippen molar-refractivity contribution in [2.45, 2.75) is 31.7 Å². The molecular weight excluding hydrogens is 316 g/mol. The van der Waals surface area contributed by atoms with Crippen LogP contribution >= 0.6 is 22.7 Å². The molecule has 1 aliphatic heterocycles. The molecule has 1 atom stereocenters. The lowest BCUT2D eigenvalue weighted by Gasteiger charge is -2.29. The number of fused-ring (bicyclic) bond motifs is 1. The molecule has 116 valence electrons. The van der Waals surface area contributed by atoms with Crippen molar-refractivity contribution < 1.29 is 5.11 Å². The van der Waals surface area contributed by atoms with Crippen LogP contribution in [0.25, 0.3) is 4.96 Å². The Hall–Kier alpha value is -1.44. The van der Waals surface area contributed by atoms with Gasteiger partial charge < -0.3 is 5.11 Å². The maximum Gasteiger partial charge on any atom is 0.230 e. The monoisotopic (exact) mass is 334 g/mol. The lowest BCUT2D eigenvalue weighted by atomic mass is 10.1. The summed E-state index contributed by atoms with van der Waals surface area (Å²) in [4.78, 5) is 8.43. The second kappa shape index (κ2) is 5.98. The molecule has 0 amide bonds. The molecule has 0 unspecified atom stereocenters. The van der Waals surface area contributed by atoms with Crippen molar-refractivity contribution in [1.29, 1.82) is 0 Å². The fourth-order valence-electron chi connectivity index (χ4n) is 3.18. The normalized spacial score (nSPS) is 18.5. The third-order valence-electron chi connectivity index (χ3n) is 4.25. The number of nitrogens with zero attached hydrogens (tertiary/aromatic N) is 4. The molecule has 1 N–H and O–H groups in total. The van der Waals surface area contributed by atoms with Gasteiger partial charge in [-0.3, -0.25) is 4.90 Å². The number of thiazole rings is 1. The standard InChI is InChI=1S/C15H18N4OS2/c20-14-13(22-15-16-10-17-19(14)15)12(11-5-8-21-9-11)18-6-3-1-2-4-7-18/h5,8-10,12,20H,1-4,6-7H2/t12-/m0/s1. The first-order valence-corrected chi connectivity index (χ1v) is 9.38. The summed E-state index contributed by atoms with van der Waals surface area (Å²) < 4.78 is 1.54. The quantitative estimate of drug-likeness (QED) is 0.796. The van der Waals surface area contributed by atoms with Crippen LogP contribution in [-0.2, 0) is 0 Å². The Kier molecular flexibility index (Phi) is 3.85. The molecule has 4 rings (SSSR count). The Bertz CT molecular complexity index is 741. The smallest absolute Gasteiger partial charge is 0.230 e. The van der Waals surface area contributed by atoms with E-state index < -0.39 is 0 Å². The van der Waals surface area contributed by atoms with Gasteiger partial charge in [0.15, 0.2) is 0 Å². The molecule has 3 aromatic rings. The lowest BCUT2D eigenvalue weighted by molar-refractivity contribution is 0.233. The van der Waals surface area contributed by atoms with E-state index in [0.717, 1.165) is 22.9 Å². The van der Waals surface area contributed by atoms with Crippen LogP contribution in [0, 0.1) is 0 Å². The average Bonchev–Trinajstić information content (AvgIpc) is 3.19. The summed E-state index contributed by atoms with van der Waals surface area (Å²) in [7, 11) is 0. The Balaban J connectivity index is 1.79. The van der Waals surface area contributed by atoms with Crippen LogP contribution < -0.4 is 0 Å². The van der Waals surface area contributed by atoms with Gasteiger partial charge in [-0.25, -0.2) is 4.98 Å². The Labute approximate surface area is 136 Å². The number of hydrogen-bond acceptors (Lipinski definition) is 6. The summed E-state index contributed by atoms with van der Waals surface area (Å²) in [5.74, 6) is 0.234. The molecule has 1 aliphatic rings. The molecule has 0 bridgehead atoms. The summed E-state index contributed by atoms with van der Waals surface area (Å²) >= 11 is 3.24. The van der Waals surface area contributed by atoms with Gasteiger partial charge in [0.2, 0.25) is 10.8 Å². The number of aromatic nitrogens is 3. The highest BCUT2D eigenvalue weighted by atomic mass is 32.1. The second-order valence-electron chi connectivity index (χ2n) is 5.65. The molecule has 0 radical (unpaired) electrons. The minimum absolute atomic E-state index is 0.109. The molecule has 22 heavy (non-hydrogen) atoms. The van der Waals surface area contributed by atoms with Gasteiger partial charge >= 0.3 is 0 Å². The first-order chi connectivity index (χ1) is 10.8. The fraction of sp³-hybridized carbons (Fsp3) is 0.467.